The van der Waals surface area contributed by atoms with E-state index in [4.69, 9.17) is 4.74 Å². The number of ether oxygens (including phenoxy) is 1. The van der Waals surface area contributed by atoms with Crippen LogP contribution in [0.4, 0.5) is 0 Å². The van der Waals surface area contributed by atoms with Crippen molar-refractivity contribution in [2.24, 2.45) is 0 Å². The zero-order chi connectivity index (χ0) is 13.2. The van der Waals surface area contributed by atoms with Crippen LogP contribution in [0.5, 0.6) is 0 Å². The Kier molecular flexibility index (Phi) is 4.25. The van der Waals surface area contributed by atoms with Gasteiger partial charge in [0.15, 0.2) is 0 Å². The first-order chi connectivity index (χ1) is 8.50. The lowest BCUT2D eigenvalue weighted by Crippen LogP contribution is -2.56. The second-order valence-corrected chi connectivity index (χ2v) is 5.80. The minimum absolute atomic E-state index is 0.0929. The summed E-state index contributed by atoms with van der Waals surface area (Å²) in [5.74, 6) is 0.121. The lowest BCUT2D eigenvalue weighted by Gasteiger charge is -2.37. The van der Waals surface area contributed by atoms with Crippen LogP contribution < -0.4 is 5.32 Å². The van der Waals surface area contributed by atoms with Gasteiger partial charge in [0.2, 0.25) is 5.91 Å². The average Bonchev–Trinajstić information content (AvgIpc) is 2.70. The molecule has 18 heavy (non-hydrogen) atoms. The SMILES string of the molecule is CC(C)NC1CCCN(CC2(O)CCOC2)C1=O. The minimum atomic E-state index is -0.838. The number of hydrogen-bond donors (Lipinski definition) is 2. The third-order valence-electron chi connectivity index (χ3n) is 3.63. The summed E-state index contributed by atoms with van der Waals surface area (Å²) in [7, 11) is 0. The van der Waals surface area contributed by atoms with Crippen LogP contribution in [0, 0.1) is 0 Å². The van der Waals surface area contributed by atoms with Gasteiger partial charge in [0.1, 0.15) is 5.60 Å². The molecule has 0 aromatic rings. The van der Waals surface area contributed by atoms with Crippen LogP contribution in [0.3, 0.4) is 0 Å². The van der Waals surface area contributed by atoms with Gasteiger partial charge in [-0.1, -0.05) is 13.8 Å². The van der Waals surface area contributed by atoms with Gasteiger partial charge in [-0.05, 0) is 12.8 Å². The van der Waals surface area contributed by atoms with E-state index >= 15 is 0 Å². The molecule has 1 amide bonds. The molecule has 2 unspecified atom stereocenters. The summed E-state index contributed by atoms with van der Waals surface area (Å²) in [6.45, 7) is 6.18. The molecule has 104 valence electrons. The number of nitrogens with zero attached hydrogens (tertiary/aromatic N) is 1. The van der Waals surface area contributed by atoms with Crippen molar-refractivity contribution in [1.29, 1.82) is 0 Å². The third kappa shape index (κ3) is 3.22. The fourth-order valence-corrected chi connectivity index (χ4v) is 2.73. The summed E-state index contributed by atoms with van der Waals surface area (Å²) in [6.07, 6.45) is 2.51. The first kappa shape index (κ1) is 13.8. The van der Waals surface area contributed by atoms with Gasteiger partial charge in [-0.2, -0.15) is 0 Å². The second kappa shape index (κ2) is 5.55. The number of β-amino-alcohol motifs (C(OH)–C–C–N with tert-alkyl or cyclic N) is 1. The molecule has 5 nitrogen and oxygen atoms in total. The van der Waals surface area contributed by atoms with Gasteiger partial charge < -0.3 is 20.1 Å². The smallest absolute Gasteiger partial charge is 0.239 e. The summed E-state index contributed by atoms with van der Waals surface area (Å²) in [5.41, 5.74) is -0.838. The molecule has 0 aliphatic carbocycles. The largest absolute Gasteiger partial charge is 0.386 e. The quantitative estimate of drug-likeness (QED) is 0.750. The van der Waals surface area contributed by atoms with E-state index in [2.05, 4.69) is 5.32 Å². The van der Waals surface area contributed by atoms with Crippen LogP contribution in [0.25, 0.3) is 0 Å². The van der Waals surface area contributed by atoms with Crippen LogP contribution in [0.15, 0.2) is 0 Å². The lowest BCUT2D eigenvalue weighted by atomic mass is 9.98. The molecule has 0 radical (unpaired) electrons. The summed E-state index contributed by atoms with van der Waals surface area (Å²) in [4.78, 5) is 14.1. The average molecular weight is 256 g/mol. The topological polar surface area (TPSA) is 61.8 Å². The number of amides is 1. The van der Waals surface area contributed by atoms with E-state index in [0.29, 0.717) is 32.2 Å². The van der Waals surface area contributed by atoms with E-state index in [-0.39, 0.29) is 11.9 Å². The van der Waals surface area contributed by atoms with Crippen molar-refractivity contribution in [3.05, 3.63) is 0 Å². The van der Waals surface area contributed by atoms with Crippen molar-refractivity contribution >= 4 is 5.91 Å². The fraction of sp³-hybridized carbons (Fsp3) is 0.923. The van der Waals surface area contributed by atoms with E-state index in [1.54, 1.807) is 4.90 Å². The monoisotopic (exact) mass is 256 g/mol. The Morgan fingerprint density at radius 1 is 1.61 bits per heavy atom. The summed E-state index contributed by atoms with van der Waals surface area (Å²) in [5, 5.41) is 13.6. The molecule has 2 saturated heterocycles. The molecule has 2 rings (SSSR count). The highest BCUT2D eigenvalue weighted by Crippen LogP contribution is 2.22. The molecule has 2 atom stereocenters. The number of carbonyl (C=O) groups is 1. The second-order valence-electron chi connectivity index (χ2n) is 5.80. The van der Waals surface area contributed by atoms with E-state index in [1.807, 2.05) is 13.8 Å². The Balaban J connectivity index is 1.93. The number of nitrogens with one attached hydrogen (secondary N) is 1. The van der Waals surface area contributed by atoms with E-state index in [9.17, 15) is 9.90 Å². The number of likely N-dealkylation sites (tertiary alicyclic amines) is 1. The maximum atomic E-state index is 12.3. The molecule has 0 saturated carbocycles. The summed E-state index contributed by atoms with van der Waals surface area (Å²) < 4.78 is 5.22. The van der Waals surface area contributed by atoms with Gasteiger partial charge in [0.05, 0.1) is 19.2 Å². The highest BCUT2D eigenvalue weighted by molar-refractivity contribution is 5.82. The van der Waals surface area contributed by atoms with Crippen LogP contribution in [0.2, 0.25) is 0 Å². The summed E-state index contributed by atoms with van der Waals surface area (Å²) >= 11 is 0. The zero-order valence-electron chi connectivity index (χ0n) is 11.3. The Morgan fingerprint density at radius 3 is 3.00 bits per heavy atom. The first-order valence-electron chi connectivity index (χ1n) is 6.85. The molecule has 0 bridgehead atoms. The molecule has 2 N–H and O–H groups in total. The van der Waals surface area contributed by atoms with Crippen molar-refractivity contribution in [1.82, 2.24) is 10.2 Å². The standard InChI is InChI=1S/C13H24N2O3/c1-10(2)14-11-4-3-6-15(12(11)16)8-13(17)5-7-18-9-13/h10-11,14,17H,3-9H2,1-2H3. The molecule has 5 heteroatoms. The highest BCUT2D eigenvalue weighted by Gasteiger charge is 2.38. The summed E-state index contributed by atoms with van der Waals surface area (Å²) in [6, 6.07) is 0.210. The first-order valence-corrected chi connectivity index (χ1v) is 6.85. The predicted molar refractivity (Wildman–Crippen MR) is 68.3 cm³/mol. The number of hydrogen-bond acceptors (Lipinski definition) is 4. The molecular formula is C13H24N2O3. The molecule has 0 spiro atoms. The molecular weight excluding hydrogens is 232 g/mol. The molecule has 2 aliphatic rings. The van der Waals surface area contributed by atoms with Crippen LogP contribution >= 0.6 is 0 Å². The van der Waals surface area contributed by atoms with Crippen molar-refractivity contribution in [3.8, 4) is 0 Å². The Bertz CT molecular complexity index is 301. The number of carbonyl (C=O) groups excluding carboxylic acids is 1. The van der Waals surface area contributed by atoms with Gasteiger partial charge >= 0.3 is 0 Å². The van der Waals surface area contributed by atoms with Crippen LogP contribution in [-0.2, 0) is 9.53 Å². The van der Waals surface area contributed by atoms with Gasteiger partial charge in [-0.15, -0.1) is 0 Å². The van der Waals surface area contributed by atoms with Crippen LogP contribution in [0.1, 0.15) is 33.1 Å². The molecule has 0 aromatic heterocycles. The minimum Gasteiger partial charge on any atom is -0.386 e. The van der Waals surface area contributed by atoms with E-state index < -0.39 is 5.60 Å². The maximum absolute atomic E-state index is 12.3. The van der Waals surface area contributed by atoms with Crippen molar-refractivity contribution in [2.45, 2.75) is 50.8 Å². The van der Waals surface area contributed by atoms with Gasteiger partial charge in [0.25, 0.3) is 0 Å². The fourth-order valence-electron chi connectivity index (χ4n) is 2.73. The maximum Gasteiger partial charge on any atom is 0.239 e. The van der Waals surface area contributed by atoms with E-state index in [0.717, 1.165) is 19.4 Å². The van der Waals surface area contributed by atoms with Crippen molar-refractivity contribution in [3.63, 3.8) is 0 Å². The third-order valence-corrected chi connectivity index (χ3v) is 3.63. The van der Waals surface area contributed by atoms with Crippen LogP contribution in [-0.4, -0.2) is 59.9 Å². The normalized spacial score (nSPS) is 33.4. The Labute approximate surface area is 108 Å². The lowest BCUT2D eigenvalue weighted by molar-refractivity contribution is -0.140. The van der Waals surface area contributed by atoms with Gasteiger partial charge in [0, 0.05) is 25.6 Å². The van der Waals surface area contributed by atoms with E-state index in [1.165, 1.54) is 0 Å². The molecule has 2 aliphatic heterocycles. The van der Waals surface area contributed by atoms with Crippen molar-refractivity contribution < 1.29 is 14.6 Å². The van der Waals surface area contributed by atoms with Gasteiger partial charge in [-0.3, -0.25) is 4.79 Å². The Morgan fingerprint density at radius 2 is 2.39 bits per heavy atom. The Hall–Kier alpha value is -0.650. The number of rotatable bonds is 4. The van der Waals surface area contributed by atoms with Crippen molar-refractivity contribution in [2.75, 3.05) is 26.3 Å². The molecule has 2 fully saturated rings. The van der Waals surface area contributed by atoms with Gasteiger partial charge in [-0.25, -0.2) is 0 Å². The number of aliphatic hydroxyl groups is 1. The number of piperidine rings is 1. The molecule has 0 aromatic carbocycles. The zero-order valence-corrected chi connectivity index (χ0v) is 11.3. The molecule has 2 heterocycles. The predicted octanol–water partition coefficient (Wildman–Crippen LogP) is 0.127. The highest BCUT2D eigenvalue weighted by atomic mass is 16.5.